The summed E-state index contributed by atoms with van der Waals surface area (Å²) in [7, 11) is 0. The SMILES string of the molecule is CC(C)[C@H](N)C(=O)NCC(=O)Nc1cccnc1-n1cncn1.Cl.Cl. The molecule has 0 aromatic carbocycles. The lowest BCUT2D eigenvalue weighted by Gasteiger charge is -2.15. The summed E-state index contributed by atoms with van der Waals surface area (Å²) in [5.74, 6) is -0.319. The molecule has 0 fully saturated rings. The Morgan fingerprint density at radius 2 is 2.04 bits per heavy atom. The molecule has 0 radical (unpaired) electrons. The van der Waals surface area contributed by atoms with E-state index in [-0.39, 0.29) is 49.1 Å². The number of nitrogens with one attached hydrogen (secondary N) is 2. The van der Waals surface area contributed by atoms with Gasteiger partial charge in [0.15, 0.2) is 5.82 Å². The van der Waals surface area contributed by atoms with Crippen molar-refractivity contribution < 1.29 is 9.59 Å². The topological polar surface area (TPSA) is 128 Å². The third kappa shape index (κ3) is 6.29. The Hall–Kier alpha value is -2.23. The molecule has 0 aliphatic carbocycles. The van der Waals surface area contributed by atoms with Gasteiger partial charge in [-0.3, -0.25) is 9.59 Å². The number of carbonyl (C=O) groups excluding carboxylic acids is 2. The van der Waals surface area contributed by atoms with Gasteiger partial charge >= 0.3 is 0 Å². The summed E-state index contributed by atoms with van der Waals surface area (Å²) >= 11 is 0. The summed E-state index contributed by atoms with van der Waals surface area (Å²) in [4.78, 5) is 31.7. The molecule has 2 aromatic heterocycles. The molecule has 2 amide bonds. The Labute approximate surface area is 157 Å². The van der Waals surface area contributed by atoms with Gasteiger partial charge in [0, 0.05) is 6.20 Å². The second-order valence-corrected chi connectivity index (χ2v) is 5.25. The van der Waals surface area contributed by atoms with Gasteiger partial charge in [0.25, 0.3) is 0 Å². The minimum Gasteiger partial charge on any atom is -0.346 e. The third-order valence-corrected chi connectivity index (χ3v) is 3.14. The lowest BCUT2D eigenvalue weighted by atomic mass is 10.1. The number of amides is 2. The van der Waals surface area contributed by atoms with Gasteiger partial charge in [0.05, 0.1) is 18.3 Å². The van der Waals surface area contributed by atoms with Crippen LogP contribution in [0.4, 0.5) is 5.69 Å². The van der Waals surface area contributed by atoms with Crippen molar-refractivity contribution in [3.8, 4) is 5.82 Å². The Morgan fingerprint density at radius 1 is 1.32 bits per heavy atom. The molecule has 0 unspecified atom stereocenters. The number of nitrogens with two attached hydrogens (primary N) is 1. The van der Waals surface area contributed by atoms with E-state index in [9.17, 15) is 9.59 Å². The van der Waals surface area contributed by atoms with Crippen molar-refractivity contribution in [3.63, 3.8) is 0 Å². The third-order valence-electron chi connectivity index (χ3n) is 3.14. The Kier molecular flexibility index (Phi) is 9.65. The molecule has 0 aliphatic rings. The smallest absolute Gasteiger partial charge is 0.243 e. The number of nitrogens with zero attached hydrogens (tertiary/aromatic N) is 4. The van der Waals surface area contributed by atoms with Crippen molar-refractivity contribution in [2.75, 3.05) is 11.9 Å². The molecule has 2 heterocycles. The minimum atomic E-state index is -0.646. The summed E-state index contributed by atoms with van der Waals surface area (Å²) in [5.41, 5.74) is 6.18. The molecule has 0 saturated heterocycles. The van der Waals surface area contributed by atoms with Crippen molar-refractivity contribution in [1.82, 2.24) is 25.1 Å². The molecule has 4 N–H and O–H groups in total. The molecule has 0 saturated carbocycles. The number of hydrogen-bond acceptors (Lipinski definition) is 6. The molecule has 0 aliphatic heterocycles. The number of carbonyl (C=O) groups is 2. The maximum absolute atomic E-state index is 12.0. The highest BCUT2D eigenvalue weighted by atomic mass is 35.5. The summed E-state index contributed by atoms with van der Waals surface area (Å²) < 4.78 is 1.43. The van der Waals surface area contributed by atoms with E-state index in [1.54, 1.807) is 18.3 Å². The highest BCUT2D eigenvalue weighted by molar-refractivity contribution is 5.96. The molecular formula is C14H21Cl2N7O2. The zero-order chi connectivity index (χ0) is 16.8. The lowest BCUT2D eigenvalue weighted by molar-refractivity contribution is -0.125. The minimum absolute atomic E-state index is 0. The predicted octanol–water partition coefficient (Wildman–Crippen LogP) is 0.544. The van der Waals surface area contributed by atoms with E-state index >= 15 is 0 Å². The van der Waals surface area contributed by atoms with Crippen molar-refractivity contribution in [1.29, 1.82) is 0 Å². The number of anilines is 1. The van der Waals surface area contributed by atoms with Gasteiger partial charge in [0.2, 0.25) is 11.8 Å². The first-order valence-electron chi connectivity index (χ1n) is 7.12. The van der Waals surface area contributed by atoms with Gasteiger partial charge in [0.1, 0.15) is 12.7 Å². The Morgan fingerprint density at radius 3 is 2.64 bits per heavy atom. The van der Waals surface area contributed by atoms with E-state index in [2.05, 4.69) is 25.7 Å². The summed E-state index contributed by atoms with van der Waals surface area (Å²) in [5, 5.41) is 9.16. The predicted molar refractivity (Wildman–Crippen MR) is 98.1 cm³/mol. The van der Waals surface area contributed by atoms with Crippen molar-refractivity contribution >= 4 is 42.3 Å². The van der Waals surface area contributed by atoms with Crippen LogP contribution in [0.1, 0.15) is 13.8 Å². The fourth-order valence-electron chi connectivity index (χ4n) is 1.78. The maximum Gasteiger partial charge on any atom is 0.243 e. The van der Waals surface area contributed by atoms with Gasteiger partial charge in [-0.1, -0.05) is 13.8 Å². The van der Waals surface area contributed by atoms with Crippen molar-refractivity contribution in [2.24, 2.45) is 11.7 Å². The lowest BCUT2D eigenvalue weighted by Crippen LogP contribution is -2.46. The van der Waals surface area contributed by atoms with Crippen LogP contribution < -0.4 is 16.4 Å². The van der Waals surface area contributed by atoms with Gasteiger partial charge in [-0.15, -0.1) is 24.8 Å². The second-order valence-electron chi connectivity index (χ2n) is 5.25. The molecule has 0 spiro atoms. The van der Waals surface area contributed by atoms with Crippen LogP contribution in [0.15, 0.2) is 31.0 Å². The average Bonchev–Trinajstić information content (AvgIpc) is 3.06. The first-order valence-corrected chi connectivity index (χ1v) is 7.12. The van der Waals surface area contributed by atoms with E-state index in [1.807, 2.05) is 13.8 Å². The van der Waals surface area contributed by atoms with Crippen LogP contribution in [-0.4, -0.2) is 44.1 Å². The number of hydrogen-bond donors (Lipinski definition) is 3. The molecule has 2 aromatic rings. The highest BCUT2D eigenvalue weighted by Crippen LogP contribution is 2.15. The number of aromatic nitrogens is 4. The van der Waals surface area contributed by atoms with Crippen LogP contribution in [0, 0.1) is 5.92 Å². The quantitative estimate of drug-likeness (QED) is 0.661. The molecule has 9 nitrogen and oxygen atoms in total. The average molecular weight is 390 g/mol. The van der Waals surface area contributed by atoms with Crippen LogP contribution in [-0.2, 0) is 9.59 Å². The second kappa shape index (κ2) is 10.6. The molecule has 0 bridgehead atoms. The van der Waals surface area contributed by atoms with Crippen LogP contribution in [0.25, 0.3) is 5.82 Å². The molecule has 138 valence electrons. The van der Waals surface area contributed by atoms with Gasteiger partial charge in [-0.25, -0.2) is 14.6 Å². The molecule has 2 rings (SSSR count). The monoisotopic (exact) mass is 389 g/mol. The normalized spacial score (nSPS) is 11.0. The first kappa shape index (κ1) is 22.8. The summed E-state index contributed by atoms with van der Waals surface area (Å²) in [6, 6.07) is 2.72. The summed E-state index contributed by atoms with van der Waals surface area (Å²) in [6.45, 7) is 3.50. The number of halogens is 2. The molecule has 25 heavy (non-hydrogen) atoms. The van der Waals surface area contributed by atoms with Crippen molar-refractivity contribution in [3.05, 3.63) is 31.0 Å². The fraction of sp³-hybridized carbons (Fsp3) is 0.357. The molecular weight excluding hydrogens is 369 g/mol. The Bertz CT molecular complexity index is 680. The van der Waals surface area contributed by atoms with E-state index < -0.39 is 6.04 Å². The maximum atomic E-state index is 12.0. The first-order chi connectivity index (χ1) is 11.0. The zero-order valence-electron chi connectivity index (χ0n) is 13.7. The highest BCUT2D eigenvalue weighted by Gasteiger charge is 2.18. The standard InChI is InChI=1S/C14H19N7O2.2ClH/c1-9(2)12(15)14(23)18-6-11(22)20-10-4-3-5-17-13(10)21-8-16-7-19-21;;/h3-5,7-9,12H,6,15H2,1-2H3,(H,18,23)(H,20,22);2*1H/t12-;;/m0../s1. The fourth-order valence-corrected chi connectivity index (χ4v) is 1.78. The zero-order valence-corrected chi connectivity index (χ0v) is 15.4. The van der Waals surface area contributed by atoms with E-state index in [4.69, 9.17) is 5.73 Å². The van der Waals surface area contributed by atoms with Gasteiger partial charge in [-0.05, 0) is 18.1 Å². The number of rotatable bonds is 6. The van der Waals surface area contributed by atoms with Crippen molar-refractivity contribution in [2.45, 2.75) is 19.9 Å². The van der Waals surface area contributed by atoms with E-state index in [1.165, 1.54) is 17.3 Å². The van der Waals surface area contributed by atoms with Gasteiger partial charge < -0.3 is 16.4 Å². The van der Waals surface area contributed by atoms with E-state index in [0.29, 0.717) is 11.5 Å². The largest absolute Gasteiger partial charge is 0.346 e. The van der Waals surface area contributed by atoms with Crippen LogP contribution in [0.2, 0.25) is 0 Å². The van der Waals surface area contributed by atoms with Crippen LogP contribution >= 0.6 is 24.8 Å². The van der Waals surface area contributed by atoms with E-state index in [0.717, 1.165) is 0 Å². The molecule has 1 atom stereocenters. The Balaban J connectivity index is 0.00000288. The van der Waals surface area contributed by atoms with Crippen LogP contribution in [0.3, 0.4) is 0 Å². The number of pyridine rings is 1. The summed E-state index contributed by atoms with van der Waals surface area (Å²) in [6.07, 6.45) is 4.42. The van der Waals surface area contributed by atoms with Gasteiger partial charge in [-0.2, -0.15) is 5.10 Å². The molecule has 11 heteroatoms. The van der Waals surface area contributed by atoms with Crippen LogP contribution in [0.5, 0.6) is 0 Å².